The lowest BCUT2D eigenvalue weighted by atomic mass is 10.1. The molecule has 1 aromatic rings. The predicted octanol–water partition coefficient (Wildman–Crippen LogP) is 3.29. The van der Waals surface area contributed by atoms with Crippen molar-refractivity contribution in [2.24, 2.45) is 0 Å². The summed E-state index contributed by atoms with van der Waals surface area (Å²) in [5.41, 5.74) is 2.63. The summed E-state index contributed by atoms with van der Waals surface area (Å²) in [4.78, 5) is 4.71. The number of imidazole rings is 1. The molecule has 0 fully saturated rings. The smallest absolute Gasteiger partial charge is 0.108 e. The van der Waals surface area contributed by atoms with Crippen LogP contribution in [0.15, 0.2) is 0 Å². The molecule has 1 aromatic heterocycles. The Hall–Kier alpha value is -0.790. The maximum atomic E-state index is 4.71. The van der Waals surface area contributed by atoms with Crippen LogP contribution in [0.1, 0.15) is 57.2 Å². The number of rotatable bonds is 4. The number of hydrogen-bond donors (Lipinski definition) is 0. The highest BCUT2D eigenvalue weighted by molar-refractivity contribution is 5.19. The first kappa shape index (κ1) is 11.3. The van der Waals surface area contributed by atoms with Gasteiger partial charge in [-0.3, -0.25) is 0 Å². The van der Waals surface area contributed by atoms with Crippen LogP contribution in [0.25, 0.3) is 0 Å². The molecule has 0 atom stereocenters. The molecule has 2 nitrogen and oxygen atoms in total. The zero-order chi connectivity index (χ0) is 10.7. The molecule has 1 rings (SSSR count). The van der Waals surface area contributed by atoms with Crippen LogP contribution >= 0.6 is 0 Å². The molecule has 0 N–H and O–H groups in total. The molecule has 0 spiro atoms. The van der Waals surface area contributed by atoms with Crippen molar-refractivity contribution < 1.29 is 0 Å². The average Bonchev–Trinajstić information content (AvgIpc) is 2.45. The molecule has 1 heterocycles. The molecule has 0 amide bonds. The highest BCUT2D eigenvalue weighted by Gasteiger charge is 2.13. The van der Waals surface area contributed by atoms with Gasteiger partial charge in [0.1, 0.15) is 5.82 Å². The van der Waals surface area contributed by atoms with Crippen molar-refractivity contribution in [2.75, 3.05) is 0 Å². The molecular formula is C12H22N2. The van der Waals surface area contributed by atoms with Gasteiger partial charge in [-0.15, -0.1) is 0 Å². The molecule has 0 radical (unpaired) electrons. The Kier molecular flexibility index (Phi) is 3.73. The minimum atomic E-state index is 0.540. The molecule has 2 heteroatoms. The second kappa shape index (κ2) is 4.63. The van der Waals surface area contributed by atoms with Crippen molar-refractivity contribution in [3.05, 3.63) is 17.2 Å². The van der Waals surface area contributed by atoms with Crippen LogP contribution in [0.2, 0.25) is 0 Å². The van der Waals surface area contributed by atoms with Gasteiger partial charge in [-0.1, -0.05) is 27.7 Å². The number of nitrogens with zero attached hydrogens (tertiary/aromatic N) is 2. The van der Waals surface area contributed by atoms with E-state index in [9.17, 15) is 0 Å². The molecule has 0 saturated carbocycles. The standard InChI is InChI=1S/C12H22N2/c1-6-8-14-10(5)12(9(3)4)13-11(14)7-2/h9H,6-8H2,1-5H3. The first-order chi connectivity index (χ1) is 6.61. The van der Waals surface area contributed by atoms with Crippen LogP contribution < -0.4 is 0 Å². The summed E-state index contributed by atoms with van der Waals surface area (Å²) in [6.07, 6.45) is 2.22. The van der Waals surface area contributed by atoms with E-state index in [2.05, 4.69) is 39.2 Å². The highest BCUT2D eigenvalue weighted by Crippen LogP contribution is 2.20. The van der Waals surface area contributed by atoms with E-state index in [-0.39, 0.29) is 0 Å². The molecule has 0 aliphatic rings. The van der Waals surface area contributed by atoms with Crippen LogP contribution in [0.4, 0.5) is 0 Å². The third-order valence-corrected chi connectivity index (χ3v) is 2.65. The minimum absolute atomic E-state index is 0.540. The molecular weight excluding hydrogens is 172 g/mol. The molecule has 0 aliphatic heterocycles. The largest absolute Gasteiger partial charge is 0.332 e. The fourth-order valence-corrected chi connectivity index (χ4v) is 1.95. The van der Waals surface area contributed by atoms with E-state index in [1.807, 2.05) is 0 Å². The monoisotopic (exact) mass is 194 g/mol. The Morgan fingerprint density at radius 3 is 2.36 bits per heavy atom. The van der Waals surface area contributed by atoms with Crippen LogP contribution in [0.3, 0.4) is 0 Å². The second-order valence-corrected chi connectivity index (χ2v) is 4.16. The topological polar surface area (TPSA) is 17.8 Å². The molecule has 0 saturated heterocycles. The molecule has 0 aromatic carbocycles. The number of aryl methyl sites for hydroxylation is 1. The van der Waals surface area contributed by atoms with E-state index in [1.54, 1.807) is 0 Å². The van der Waals surface area contributed by atoms with Crippen LogP contribution in [-0.4, -0.2) is 9.55 Å². The Bertz CT molecular complexity index is 298. The summed E-state index contributed by atoms with van der Waals surface area (Å²) < 4.78 is 2.37. The van der Waals surface area contributed by atoms with Gasteiger partial charge in [0.2, 0.25) is 0 Å². The van der Waals surface area contributed by atoms with Gasteiger partial charge in [0.15, 0.2) is 0 Å². The van der Waals surface area contributed by atoms with Gasteiger partial charge >= 0.3 is 0 Å². The highest BCUT2D eigenvalue weighted by atomic mass is 15.1. The zero-order valence-corrected chi connectivity index (χ0v) is 10.1. The Morgan fingerprint density at radius 1 is 1.29 bits per heavy atom. The maximum Gasteiger partial charge on any atom is 0.108 e. The van der Waals surface area contributed by atoms with Crippen molar-refractivity contribution >= 4 is 0 Å². The lowest BCUT2D eigenvalue weighted by molar-refractivity contribution is 0.627. The third kappa shape index (κ3) is 1.99. The summed E-state index contributed by atoms with van der Waals surface area (Å²) >= 11 is 0. The predicted molar refractivity (Wildman–Crippen MR) is 60.7 cm³/mol. The van der Waals surface area contributed by atoms with Gasteiger partial charge in [0.25, 0.3) is 0 Å². The molecule has 80 valence electrons. The first-order valence-corrected chi connectivity index (χ1v) is 5.67. The normalized spacial score (nSPS) is 11.3. The van der Waals surface area contributed by atoms with Crippen molar-refractivity contribution in [3.63, 3.8) is 0 Å². The molecule has 0 bridgehead atoms. The summed E-state index contributed by atoms with van der Waals surface area (Å²) in [6.45, 7) is 12.1. The van der Waals surface area contributed by atoms with E-state index < -0.39 is 0 Å². The van der Waals surface area contributed by atoms with Crippen LogP contribution in [-0.2, 0) is 13.0 Å². The van der Waals surface area contributed by atoms with Crippen LogP contribution in [0, 0.1) is 6.92 Å². The average molecular weight is 194 g/mol. The fraction of sp³-hybridized carbons (Fsp3) is 0.750. The van der Waals surface area contributed by atoms with Crippen molar-refractivity contribution in [1.29, 1.82) is 0 Å². The van der Waals surface area contributed by atoms with Crippen molar-refractivity contribution in [1.82, 2.24) is 9.55 Å². The molecule has 0 unspecified atom stereocenters. The first-order valence-electron chi connectivity index (χ1n) is 5.67. The fourth-order valence-electron chi connectivity index (χ4n) is 1.95. The third-order valence-electron chi connectivity index (χ3n) is 2.65. The minimum Gasteiger partial charge on any atom is -0.332 e. The van der Waals surface area contributed by atoms with E-state index in [0.717, 1.165) is 13.0 Å². The number of aromatic nitrogens is 2. The van der Waals surface area contributed by atoms with E-state index in [4.69, 9.17) is 4.98 Å². The van der Waals surface area contributed by atoms with Crippen molar-refractivity contribution in [3.8, 4) is 0 Å². The molecule has 14 heavy (non-hydrogen) atoms. The Morgan fingerprint density at radius 2 is 1.93 bits per heavy atom. The summed E-state index contributed by atoms with van der Waals surface area (Å²) in [6, 6.07) is 0. The Balaban J connectivity index is 3.11. The lowest BCUT2D eigenvalue weighted by Crippen LogP contribution is -2.04. The number of hydrogen-bond acceptors (Lipinski definition) is 1. The summed E-state index contributed by atoms with van der Waals surface area (Å²) in [5, 5.41) is 0. The van der Waals surface area contributed by atoms with Gasteiger partial charge in [0.05, 0.1) is 5.69 Å². The lowest BCUT2D eigenvalue weighted by Gasteiger charge is -2.07. The zero-order valence-electron chi connectivity index (χ0n) is 10.1. The maximum absolute atomic E-state index is 4.71. The summed E-state index contributed by atoms with van der Waals surface area (Å²) in [7, 11) is 0. The van der Waals surface area contributed by atoms with E-state index >= 15 is 0 Å². The summed E-state index contributed by atoms with van der Waals surface area (Å²) in [5.74, 6) is 1.78. The van der Waals surface area contributed by atoms with Gasteiger partial charge in [0, 0.05) is 18.7 Å². The van der Waals surface area contributed by atoms with Crippen LogP contribution in [0.5, 0.6) is 0 Å². The van der Waals surface area contributed by atoms with Gasteiger partial charge in [-0.25, -0.2) is 4.98 Å². The van der Waals surface area contributed by atoms with Gasteiger partial charge in [-0.2, -0.15) is 0 Å². The second-order valence-electron chi connectivity index (χ2n) is 4.16. The van der Waals surface area contributed by atoms with Crippen molar-refractivity contribution in [2.45, 2.75) is 59.9 Å². The SMILES string of the molecule is CCCn1c(CC)nc(C(C)C)c1C. The Labute approximate surface area is 87.4 Å². The van der Waals surface area contributed by atoms with Gasteiger partial charge in [-0.05, 0) is 19.3 Å². The van der Waals surface area contributed by atoms with E-state index in [0.29, 0.717) is 5.92 Å². The molecule has 0 aliphatic carbocycles. The quantitative estimate of drug-likeness (QED) is 0.719. The van der Waals surface area contributed by atoms with Gasteiger partial charge < -0.3 is 4.57 Å². The van der Waals surface area contributed by atoms with E-state index in [1.165, 1.54) is 23.6 Å².